The van der Waals surface area contributed by atoms with E-state index in [1.165, 1.54) is 0 Å². The molecule has 0 spiro atoms. The number of hydrogen-bond acceptors (Lipinski definition) is 2. The topological polar surface area (TPSA) is 38.0 Å². The zero-order valence-electron chi connectivity index (χ0n) is 4.58. The summed E-state index contributed by atoms with van der Waals surface area (Å²) in [7, 11) is 0.514. The van der Waals surface area contributed by atoms with Crippen LogP contribution in [0.3, 0.4) is 0 Å². The van der Waals surface area contributed by atoms with Crippen molar-refractivity contribution >= 4 is 7.56 Å². The summed E-state index contributed by atoms with van der Waals surface area (Å²) in [4.78, 5) is 0. The molecule has 0 aromatic heterocycles. The molecular formula is C3H13N2P. The van der Waals surface area contributed by atoms with Crippen molar-refractivity contribution in [3.8, 4) is 0 Å². The van der Waals surface area contributed by atoms with Gasteiger partial charge in [-0.2, -0.15) is 0 Å². The van der Waals surface area contributed by atoms with Crippen molar-refractivity contribution < 1.29 is 0 Å². The molecular weight excluding hydrogens is 95.0 g/mol. The van der Waals surface area contributed by atoms with E-state index in [1.807, 2.05) is 20.4 Å². The second-order valence-corrected chi connectivity index (χ2v) is 5.92. The van der Waals surface area contributed by atoms with E-state index in [9.17, 15) is 0 Å². The molecule has 0 rings (SSSR count). The van der Waals surface area contributed by atoms with Gasteiger partial charge in [0.1, 0.15) is 0 Å². The predicted molar refractivity (Wildman–Crippen MR) is 33.4 cm³/mol. The number of nitrogens with two attached hydrogens (primary N) is 1. The van der Waals surface area contributed by atoms with Crippen LogP contribution in [0.1, 0.15) is 0 Å². The van der Waals surface area contributed by atoms with Crippen LogP contribution < -0.4 is 10.6 Å². The van der Waals surface area contributed by atoms with Crippen LogP contribution >= 0.6 is 7.56 Å². The van der Waals surface area contributed by atoms with E-state index in [4.69, 9.17) is 5.50 Å². The van der Waals surface area contributed by atoms with Crippen LogP contribution in [0.15, 0.2) is 0 Å². The van der Waals surface area contributed by atoms with Gasteiger partial charge < -0.3 is 0 Å². The van der Waals surface area contributed by atoms with Crippen molar-refractivity contribution in [2.45, 2.75) is 0 Å². The monoisotopic (exact) mass is 108 g/mol. The summed E-state index contributed by atoms with van der Waals surface area (Å²) in [5.74, 6) is 0. The fourth-order valence-corrected chi connectivity index (χ4v) is 0. The van der Waals surface area contributed by atoms with Gasteiger partial charge in [0.05, 0.1) is 0 Å². The Morgan fingerprint density at radius 2 is 1.67 bits per heavy atom. The molecule has 6 heavy (non-hydrogen) atoms. The molecule has 0 aliphatic heterocycles. The minimum atomic E-state index is -1.38. The molecule has 0 fully saturated rings. The van der Waals surface area contributed by atoms with Gasteiger partial charge in [0.2, 0.25) is 0 Å². The summed E-state index contributed by atoms with van der Waals surface area (Å²) < 4.78 is 0. The molecule has 3 heteroatoms. The second-order valence-electron chi connectivity index (χ2n) is 1.97. The van der Waals surface area contributed by atoms with Crippen molar-refractivity contribution in [3.63, 3.8) is 0 Å². The molecule has 40 valence electrons. The normalized spacial score (nSPS) is 14.7. The van der Waals surface area contributed by atoms with Crippen LogP contribution in [-0.2, 0) is 0 Å². The predicted octanol–water partition coefficient (Wildman–Crippen LogP) is 0.00400. The van der Waals surface area contributed by atoms with Crippen LogP contribution in [0.4, 0.5) is 0 Å². The number of hydrogen-bond donors (Lipinski definition) is 2. The van der Waals surface area contributed by atoms with E-state index in [1.54, 1.807) is 0 Å². The van der Waals surface area contributed by atoms with Crippen molar-refractivity contribution in [1.29, 1.82) is 0 Å². The average Bonchev–Trinajstić information content (AvgIpc) is 1.35. The summed E-state index contributed by atoms with van der Waals surface area (Å²) >= 11 is 0. The van der Waals surface area contributed by atoms with E-state index in [2.05, 4.69) is 5.09 Å². The molecule has 0 heterocycles. The number of nitrogens with one attached hydrogen (secondary N) is 1. The standard InChI is InChI=1S/C3H13N2P/c1-5-6(2,3)4/h5-6H,4H2,1-3H3. The zero-order chi connectivity index (χ0) is 5.21. The van der Waals surface area contributed by atoms with Gasteiger partial charge in [-0.25, -0.2) is 0 Å². The summed E-state index contributed by atoms with van der Waals surface area (Å²) in [5.41, 5.74) is 5.56. The molecule has 0 bridgehead atoms. The summed E-state index contributed by atoms with van der Waals surface area (Å²) in [6.07, 6.45) is 0. The van der Waals surface area contributed by atoms with Gasteiger partial charge >= 0.3 is 38.5 Å². The summed E-state index contributed by atoms with van der Waals surface area (Å²) in [6, 6.07) is 0. The first kappa shape index (κ1) is 6.35. The Kier molecular flexibility index (Phi) is 1.98. The maximum absolute atomic E-state index is 5.56. The Morgan fingerprint density at radius 1 is 1.50 bits per heavy atom. The van der Waals surface area contributed by atoms with Crippen LogP contribution in [0.5, 0.6) is 0 Å². The van der Waals surface area contributed by atoms with E-state index >= 15 is 0 Å². The summed E-state index contributed by atoms with van der Waals surface area (Å²) in [5, 5.41) is 3.02. The van der Waals surface area contributed by atoms with Gasteiger partial charge in [-0.15, -0.1) is 0 Å². The molecule has 0 aromatic carbocycles. The van der Waals surface area contributed by atoms with Gasteiger partial charge in [0.25, 0.3) is 0 Å². The van der Waals surface area contributed by atoms with E-state index in [0.29, 0.717) is 0 Å². The first-order valence-corrected chi connectivity index (χ1v) is 5.12. The molecule has 0 aliphatic carbocycles. The van der Waals surface area contributed by atoms with Crippen molar-refractivity contribution in [3.05, 3.63) is 0 Å². The van der Waals surface area contributed by atoms with Crippen LogP contribution in [0.2, 0.25) is 0 Å². The summed E-state index contributed by atoms with van der Waals surface area (Å²) in [6.45, 7) is 4.10. The van der Waals surface area contributed by atoms with Gasteiger partial charge in [-0.1, -0.05) is 0 Å². The van der Waals surface area contributed by atoms with Crippen LogP contribution in [-0.4, -0.2) is 20.4 Å². The van der Waals surface area contributed by atoms with Crippen molar-refractivity contribution in [2.24, 2.45) is 5.50 Å². The third-order valence-electron chi connectivity index (χ3n) is 0.644. The van der Waals surface area contributed by atoms with Crippen molar-refractivity contribution in [2.75, 3.05) is 20.4 Å². The first-order valence-electron chi connectivity index (χ1n) is 2.04. The molecule has 0 saturated carbocycles. The Labute approximate surface area is 39.6 Å². The molecule has 0 aromatic rings. The number of rotatable bonds is 1. The minimum absolute atomic E-state index is 1.38. The first-order chi connectivity index (χ1) is 2.56. The Morgan fingerprint density at radius 3 is 1.67 bits per heavy atom. The van der Waals surface area contributed by atoms with E-state index in [-0.39, 0.29) is 0 Å². The fraction of sp³-hybridized carbons (Fsp3) is 1.00. The molecule has 0 atom stereocenters. The maximum atomic E-state index is 5.56. The average molecular weight is 108 g/mol. The molecule has 2 nitrogen and oxygen atoms in total. The SMILES string of the molecule is CN[PH](C)(C)N. The van der Waals surface area contributed by atoms with Gasteiger partial charge in [0, 0.05) is 0 Å². The van der Waals surface area contributed by atoms with E-state index < -0.39 is 7.56 Å². The van der Waals surface area contributed by atoms with Gasteiger partial charge in [-0.05, 0) is 0 Å². The molecule has 0 aliphatic rings. The second kappa shape index (κ2) is 1.87. The molecule has 3 N–H and O–H groups in total. The van der Waals surface area contributed by atoms with Crippen LogP contribution in [0, 0.1) is 0 Å². The van der Waals surface area contributed by atoms with Gasteiger partial charge in [-0.3, -0.25) is 0 Å². The fourth-order valence-electron chi connectivity index (χ4n) is 0. The Bertz CT molecular complexity index is 38.5. The van der Waals surface area contributed by atoms with E-state index in [0.717, 1.165) is 0 Å². The van der Waals surface area contributed by atoms with Crippen LogP contribution in [0.25, 0.3) is 0 Å². The van der Waals surface area contributed by atoms with Gasteiger partial charge in [0.15, 0.2) is 0 Å². The Balaban J connectivity index is 3.17. The molecule has 0 amide bonds. The third-order valence-corrected chi connectivity index (χ3v) is 1.93. The van der Waals surface area contributed by atoms with Crippen molar-refractivity contribution in [1.82, 2.24) is 5.09 Å². The molecule has 0 saturated heterocycles. The third kappa shape index (κ3) is 4.35. The quantitative estimate of drug-likeness (QED) is 0.464. The Hall–Kier alpha value is 0.350. The molecule has 0 unspecified atom stereocenters. The molecule has 0 radical (unpaired) electrons. The zero-order valence-corrected chi connectivity index (χ0v) is 5.58.